The van der Waals surface area contributed by atoms with Crippen LogP contribution in [0.2, 0.25) is 0 Å². The van der Waals surface area contributed by atoms with Crippen LogP contribution < -0.4 is 0 Å². The van der Waals surface area contributed by atoms with E-state index in [1.165, 1.54) is 7.11 Å². The topological polar surface area (TPSA) is 85.2 Å². The fourth-order valence-corrected chi connectivity index (χ4v) is 2.71. The third-order valence-electron chi connectivity index (χ3n) is 3.72. The summed E-state index contributed by atoms with van der Waals surface area (Å²) in [6.45, 7) is 7.67. The lowest BCUT2D eigenvalue weighted by molar-refractivity contribution is -0.149. The number of ketones is 1. The summed E-state index contributed by atoms with van der Waals surface area (Å²) in [6.07, 6.45) is 1.27. The molecular weight excluding hydrogens is 286 g/mol. The van der Waals surface area contributed by atoms with Crippen LogP contribution in [0.3, 0.4) is 0 Å². The van der Waals surface area contributed by atoms with E-state index in [1.54, 1.807) is 6.92 Å². The zero-order chi connectivity index (χ0) is 16.9. The highest BCUT2D eigenvalue weighted by atomic mass is 16.6. The molecule has 0 aliphatic heterocycles. The van der Waals surface area contributed by atoms with Gasteiger partial charge in [0.2, 0.25) is 0 Å². The number of nitrogens with zero attached hydrogens (tertiary/aromatic N) is 1. The van der Waals surface area contributed by atoms with Crippen LogP contribution in [0, 0.1) is 11.3 Å². The van der Waals surface area contributed by atoms with Gasteiger partial charge in [-0.25, -0.2) is 0 Å². The van der Waals surface area contributed by atoms with E-state index in [2.05, 4.69) is 5.16 Å². The van der Waals surface area contributed by atoms with Gasteiger partial charge in [0.15, 0.2) is 5.78 Å². The summed E-state index contributed by atoms with van der Waals surface area (Å²) >= 11 is 0. The van der Waals surface area contributed by atoms with Crippen molar-refractivity contribution in [2.24, 2.45) is 16.5 Å². The van der Waals surface area contributed by atoms with Gasteiger partial charge in [0.1, 0.15) is 18.3 Å². The van der Waals surface area contributed by atoms with Gasteiger partial charge < -0.3 is 14.7 Å². The number of carbonyl (C=O) groups is 2. The molecule has 0 saturated heterocycles. The summed E-state index contributed by atoms with van der Waals surface area (Å²) in [5.41, 5.74) is -0.128. The van der Waals surface area contributed by atoms with Gasteiger partial charge in [-0.2, -0.15) is 0 Å². The Bertz CT molecular complexity index is 505. The van der Waals surface area contributed by atoms with E-state index in [0.717, 1.165) is 0 Å². The average molecular weight is 311 g/mol. The second kappa shape index (κ2) is 7.42. The molecule has 0 aromatic heterocycles. The second-order valence-electron chi connectivity index (χ2n) is 6.01. The van der Waals surface area contributed by atoms with E-state index in [0.29, 0.717) is 25.2 Å². The molecule has 6 heteroatoms. The number of carbonyl (C=O) groups excluding carboxylic acids is 2. The standard InChI is InChI=1S/C16H25NO5/c1-6-8-11(18)12-10(17-22-7-2)9-16(3,4)13(14(12)19)15(20)21-5/h13,19H,6-9H2,1-5H3/b17-10+/t13-/m1/s1. The number of methoxy groups -OCH3 is 1. The maximum Gasteiger partial charge on any atom is 0.316 e. The van der Waals surface area contributed by atoms with Crippen LogP contribution >= 0.6 is 0 Å². The maximum absolute atomic E-state index is 12.3. The highest BCUT2D eigenvalue weighted by Gasteiger charge is 2.47. The maximum atomic E-state index is 12.3. The lowest BCUT2D eigenvalue weighted by atomic mass is 9.67. The summed E-state index contributed by atoms with van der Waals surface area (Å²) in [5, 5.41) is 14.5. The van der Waals surface area contributed by atoms with Crippen molar-refractivity contribution in [3.63, 3.8) is 0 Å². The third-order valence-corrected chi connectivity index (χ3v) is 3.72. The van der Waals surface area contributed by atoms with Crippen LogP contribution in [-0.4, -0.2) is 36.3 Å². The summed E-state index contributed by atoms with van der Waals surface area (Å²) in [7, 11) is 1.27. The molecule has 0 fully saturated rings. The zero-order valence-electron chi connectivity index (χ0n) is 13.9. The van der Waals surface area contributed by atoms with Crippen molar-refractivity contribution < 1.29 is 24.3 Å². The fourth-order valence-electron chi connectivity index (χ4n) is 2.71. The van der Waals surface area contributed by atoms with Crippen LogP contribution in [0.15, 0.2) is 16.5 Å². The summed E-state index contributed by atoms with van der Waals surface area (Å²) in [6, 6.07) is 0. The predicted molar refractivity (Wildman–Crippen MR) is 82.5 cm³/mol. The molecule has 1 atom stereocenters. The first-order valence-corrected chi connectivity index (χ1v) is 7.53. The number of ether oxygens (including phenoxy) is 1. The van der Waals surface area contributed by atoms with E-state index < -0.39 is 17.3 Å². The normalized spacial score (nSPS) is 22.6. The van der Waals surface area contributed by atoms with Gasteiger partial charge in [0, 0.05) is 12.8 Å². The van der Waals surface area contributed by atoms with Gasteiger partial charge in [0.25, 0.3) is 0 Å². The number of oxime groups is 1. The van der Waals surface area contributed by atoms with Crippen LogP contribution in [0.5, 0.6) is 0 Å². The van der Waals surface area contributed by atoms with E-state index in [1.807, 2.05) is 20.8 Å². The van der Waals surface area contributed by atoms with Crippen LogP contribution in [0.25, 0.3) is 0 Å². The van der Waals surface area contributed by atoms with Crippen molar-refractivity contribution >= 4 is 17.5 Å². The number of rotatable bonds is 6. The molecule has 0 bridgehead atoms. The number of hydrogen-bond donors (Lipinski definition) is 1. The fraction of sp³-hybridized carbons (Fsp3) is 0.688. The molecule has 0 amide bonds. The molecule has 6 nitrogen and oxygen atoms in total. The Morgan fingerprint density at radius 2 is 2.00 bits per heavy atom. The minimum atomic E-state index is -0.881. The molecule has 0 unspecified atom stereocenters. The molecule has 0 aromatic rings. The number of allylic oxidation sites excluding steroid dienone is 1. The van der Waals surface area contributed by atoms with Crippen LogP contribution in [0.4, 0.5) is 0 Å². The Balaban J connectivity index is 3.42. The first kappa shape index (κ1) is 18.2. The SMILES string of the molecule is CCCC(=O)C1=C(O)[C@H](C(=O)OC)C(C)(C)C/C1=N\OCC. The Hall–Kier alpha value is -1.85. The first-order valence-electron chi connectivity index (χ1n) is 7.53. The smallest absolute Gasteiger partial charge is 0.316 e. The Morgan fingerprint density at radius 3 is 2.50 bits per heavy atom. The Morgan fingerprint density at radius 1 is 1.36 bits per heavy atom. The molecule has 1 aliphatic carbocycles. The highest BCUT2D eigenvalue weighted by Crippen LogP contribution is 2.43. The molecule has 1 aliphatic rings. The van der Waals surface area contributed by atoms with Crippen molar-refractivity contribution in [2.45, 2.75) is 47.0 Å². The monoisotopic (exact) mass is 311 g/mol. The van der Waals surface area contributed by atoms with Crippen molar-refractivity contribution in [3.8, 4) is 0 Å². The lowest BCUT2D eigenvalue weighted by Crippen LogP contribution is -2.42. The molecule has 1 N–H and O–H groups in total. The van der Waals surface area contributed by atoms with Gasteiger partial charge in [-0.1, -0.05) is 25.9 Å². The van der Waals surface area contributed by atoms with Crippen LogP contribution in [0.1, 0.15) is 47.0 Å². The average Bonchev–Trinajstić information content (AvgIpc) is 2.43. The number of Topliss-reactive ketones (excluding diaryl/α,β-unsaturated/α-hetero) is 1. The van der Waals surface area contributed by atoms with Crippen molar-refractivity contribution in [1.82, 2.24) is 0 Å². The quantitative estimate of drug-likeness (QED) is 0.602. The molecule has 1 rings (SSSR count). The van der Waals surface area contributed by atoms with E-state index in [9.17, 15) is 14.7 Å². The molecule has 22 heavy (non-hydrogen) atoms. The Labute approximate surface area is 131 Å². The minimum Gasteiger partial charge on any atom is -0.511 e. The van der Waals surface area contributed by atoms with Crippen molar-refractivity contribution in [3.05, 3.63) is 11.3 Å². The highest BCUT2D eigenvalue weighted by molar-refractivity contribution is 6.23. The van der Waals surface area contributed by atoms with Crippen molar-refractivity contribution in [1.29, 1.82) is 0 Å². The van der Waals surface area contributed by atoms with Crippen LogP contribution in [-0.2, 0) is 19.2 Å². The van der Waals surface area contributed by atoms with E-state index >= 15 is 0 Å². The number of esters is 1. The molecule has 0 radical (unpaired) electrons. The van der Waals surface area contributed by atoms with Gasteiger partial charge in [0.05, 0.1) is 18.4 Å². The summed E-state index contributed by atoms with van der Waals surface area (Å²) in [4.78, 5) is 29.5. The number of aliphatic hydroxyl groups is 1. The van der Waals surface area contributed by atoms with E-state index in [-0.39, 0.29) is 23.5 Å². The molecule has 0 heterocycles. The van der Waals surface area contributed by atoms with Gasteiger partial charge in [-0.15, -0.1) is 0 Å². The third kappa shape index (κ3) is 3.67. The summed E-state index contributed by atoms with van der Waals surface area (Å²) in [5.74, 6) is -1.93. The molecule has 0 saturated carbocycles. The van der Waals surface area contributed by atoms with E-state index in [4.69, 9.17) is 9.57 Å². The number of aliphatic hydroxyl groups excluding tert-OH is 1. The zero-order valence-corrected chi connectivity index (χ0v) is 13.9. The lowest BCUT2D eigenvalue weighted by Gasteiger charge is -2.37. The molecule has 0 spiro atoms. The number of hydrogen-bond acceptors (Lipinski definition) is 6. The summed E-state index contributed by atoms with van der Waals surface area (Å²) < 4.78 is 4.78. The predicted octanol–water partition coefficient (Wildman–Crippen LogP) is 2.78. The second-order valence-corrected chi connectivity index (χ2v) is 6.01. The molecule has 0 aromatic carbocycles. The van der Waals surface area contributed by atoms with Gasteiger partial charge in [-0.05, 0) is 18.8 Å². The minimum absolute atomic E-state index is 0.102. The van der Waals surface area contributed by atoms with Crippen molar-refractivity contribution in [2.75, 3.05) is 13.7 Å². The first-order chi connectivity index (χ1) is 10.3. The molecular formula is C16H25NO5. The Kier molecular flexibility index (Phi) is 6.14. The largest absolute Gasteiger partial charge is 0.511 e. The van der Waals surface area contributed by atoms with Gasteiger partial charge >= 0.3 is 5.97 Å². The van der Waals surface area contributed by atoms with Gasteiger partial charge in [-0.3, -0.25) is 9.59 Å². The molecule has 124 valence electrons.